The fourth-order valence-corrected chi connectivity index (χ4v) is 5.03. The molecule has 1 saturated carbocycles. The predicted octanol–water partition coefficient (Wildman–Crippen LogP) is 6.38. The van der Waals surface area contributed by atoms with Gasteiger partial charge in [0.15, 0.2) is 5.78 Å². The number of methoxy groups -OCH3 is 1. The Bertz CT molecular complexity index is 990. The van der Waals surface area contributed by atoms with Crippen molar-refractivity contribution in [2.24, 2.45) is 11.8 Å². The number of carbonyl (C=O) groups excluding carboxylic acids is 2. The average molecular weight is 452 g/mol. The minimum atomic E-state index is 0.00433. The van der Waals surface area contributed by atoms with E-state index in [0.29, 0.717) is 11.5 Å². The number of unbranched alkanes of at least 4 members (excludes halogenated alkanes) is 1. The molecule has 2 N–H and O–H groups in total. The third-order valence-corrected chi connectivity index (χ3v) is 7.02. The predicted molar refractivity (Wildman–Crippen MR) is 132 cm³/mol. The Hall–Kier alpha value is -2.82. The van der Waals surface area contributed by atoms with Crippen LogP contribution in [0, 0.1) is 25.7 Å². The number of anilines is 1. The Balaban J connectivity index is 1.42. The second kappa shape index (κ2) is 11.4. The lowest BCUT2D eigenvalue weighted by Gasteiger charge is -2.28. The number of Topliss-reactive ketones (excluding diaryl/α,β-unsaturated/α-hetero) is 1. The molecular formula is C28H37NO4. The summed E-state index contributed by atoms with van der Waals surface area (Å²) in [6, 6.07) is 9.09. The Kier molecular flexibility index (Phi) is 8.54. The van der Waals surface area contributed by atoms with E-state index in [1.54, 1.807) is 26.2 Å². The van der Waals surface area contributed by atoms with Gasteiger partial charge < -0.3 is 15.2 Å². The summed E-state index contributed by atoms with van der Waals surface area (Å²) >= 11 is 0. The van der Waals surface area contributed by atoms with Gasteiger partial charge in [0.25, 0.3) is 0 Å². The van der Waals surface area contributed by atoms with E-state index in [2.05, 4.69) is 5.32 Å². The first-order chi connectivity index (χ1) is 15.8. The molecule has 0 radical (unpaired) electrons. The molecule has 0 aliphatic heterocycles. The summed E-state index contributed by atoms with van der Waals surface area (Å²) in [6.07, 6.45) is 8.22. The summed E-state index contributed by atoms with van der Waals surface area (Å²) in [7, 11) is 1.64. The molecule has 2 aromatic carbocycles. The zero-order chi connectivity index (χ0) is 24.0. The van der Waals surface area contributed by atoms with E-state index < -0.39 is 0 Å². The fourth-order valence-electron chi connectivity index (χ4n) is 5.03. The van der Waals surface area contributed by atoms with Crippen molar-refractivity contribution in [3.63, 3.8) is 0 Å². The molecule has 178 valence electrons. The van der Waals surface area contributed by atoms with Gasteiger partial charge in [0.1, 0.15) is 11.5 Å². The first kappa shape index (κ1) is 24.8. The second-order valence-electron chi connectivity index (χ2n) is 9.48. The smallest absolute Gasteiger partial charge is 0.227 e. The van der Waals surface area contributed by atoms with Gasteiger partial charge in [-0.05, 0) is 100 Å². The lowest BCUT2D eigenvalue weighted by atomic mass is 9.79. The molecule has 0 saturated heterocycles. The number of ketones is 1. The summed E-state index contributed by atoms with van der Waals surface area (Å²) in [5.74, 6) is 1.80. The number of aryl methyl sites for hydroxylation is 2. The topological polar surface area (TPSA) is 75.6 Å². The zero-order valence-electron chi connectivity index (χ0n) is 20.4. The molecule has 0 atom stereocenters. The van der Waals surface area contributed by atoms with E-state index >= 15 is 0 Å². The molecule has 0 heterocycles. The van der Waals surface area contributed by atoms with E-state index in [0.717, 1.165) is 79.5 Å². The zero-order valence-corrected chi connectivity index (χ0v) is 20.4. The number of hydrogen-bond acceptors (Lipinski definition) is 4. The molecular weight excluding hydrogens is 414 g/mol. The standard InChI is InChI=1S/C28H37NO4/c1-18-9-14-23(16-27(18)33-4)29-28(32)22-12-10-21(11-13-22)7-5-6-8-25-19(2)15-24(31)17-26(25)20(3)30/h9,14-17,21-22,31H,5-8,10-13H2,1-4H3,(H,29,32). The van der Waals surface area contributed by atoms with Gasteiger partial charge in [0.05, 0.1) is 7.11 Å². The van der Waals surface area contributed by atoms with E-state index in [-0.39, 0.29) is 23.4 Å². The van der Waals surface area contributed by atoms with Crippen LogP contribution in [0.3, 0.4) is 0 Å². The SMILES string of the molecule is COc1cc(NC(=O)C2CCC(CCCCc3c(C)cc(O)cc3C(C)=O)CC2)ccc1C. The molecule has 1 amide bonds. The first-order valence-corrected chi connectivity index (χ1v) is 12.1. The van der Waals surface area contributed by atoms with E-state index in [1.807, 2.05) is 32.0 Å². The number of phenols is 1. The van der Waals surface area contributed by atoms with Crippen LogP contribution in [0.1, 0.15) is 78.9 Å². The minimum absolute atomic E-state index is 0.00433. The number of aromatic hydroxyl groups is 1. The molecule has 3 rings (SSSR count). The summed E-state index contributed by atoms with van der Waals surface area (Å²) < 4.78 is 5.35. The van der Waals surface area contributed by atoms with Gasteiger partial charge in [-0.25, -0.2) is 0 Å². The number of carbonyl (C=O) groups is 2. The summed E-state index contributed by atoms with van der Waals surface area (Å²) in [6.45, 7) is 5.50. The minimum Gasteiger partial charge on any atom is -0.508 e. The van der Waals surface area contributed by atoms with Crippen LogP contribution in [-0.4, -0.2) is 23.9 Å². The number of phenolic OH excluding ortho intramolecular Hbond substituents is 1. The number of amides is 1. The highest BCUT2D eigenvalue weighted by atomic mass is 16.5. The molecule has 1 aliphatic carbocycles. The maximum atomic E-state index is 12.7. The highest BCUT2D eigenvalue weighted by molar-refractivity contribution is 5.96. The van der Waals surface area contributed by atoms with Gasteiger partial charge in [-0.2, -0.15) is 0 Å². The summed E-state index contributed by atoms with van der Waals surface area (Å²) in [4.78, 5) is 24.7. The van der Waals surface area contributed by atoms with Crippen LogP contribution in [-0.2, 0) is 11.2 Å². The molecule has 2 aromatic rings. The number of rotatable bonds is 9. The maximum Gasteiger partial charge on any atom is 0.227 e. The van der Waals surface area contributed by atoms with Crippen molar-refractivity contribution >= 4 is 17.4 Å². The van der Waals surface area contributed by atoms with E-state index in [1.165, 1.54) is 0 Å². The number of nitrogens with one attached hydrogen (secondary N) is 1. The van der Waals surface area contributed by atoms with Gasteiger partial charge >= 0.3 is 0 Å². The van der Waals surface area contributed by atoms with Gasteiger partial charge in [-0.15, -0.1) is 0 Å². The van der Waals surface area contributed by atoms with Crippen LogP contribution in [0.25, 0.3) is 0 Å². The van der Waals surface area contributed by atoms with Gasteiger partial charge in [-0.1, -0.05) is 18.9 Å². The third-order valence-electron chi connectivity index (χ3n) is 7.02. The van der Waals surface area contributed by atoms with Crippen LogP contribution in [0.15, 0.2) is 30.3 Å². The Morgan fingerprint density at radius 2 is 1.76 bits per heavy atom. The van der Waals surface area contributed by atoms with Crippen molar-refractivity contribution in [2.45, 2.75) is 72.1 Å². The quantitative estimate of drug-likeness (QED) is 0.343. The number of hydrogen-bond donors (Lipinski definition) is 2. The van der Waals surface area contributed by atoms with E-state index in [9.17, 15) is 14.7 Å². The lowest BCUT2D eigenvalue weighted by Crippen LogP contribution is -2.27. The second-order valence-corrected chi connectivity index (χ2v) is 9.48. The molecule has 5 heteroatoms. The number of ether oxygens (including phenoxy) is 1. The summed E-state index contributed by atoms with van der Waals surface area (Å²) in [5.41, 5.74) is 4.53. The van der Waals surface area contributed by atoms with Crippen LogP contribution < -0.4 is 10.1 Å². The maximum absolute atomic E-state index is 12.7. The normalized spacial score (nSPS) is 18.1. The molecule has 1 fully saturated rings. The third kappa shape index (κ3) is 6.59. The van der Waals surface area contributed by atoms with Gasteiger partial charge in [-0.3, -0.25) is 9.59 Å². The molecule has 1 aliphatic rings. The summed E-state index contributed by atoms with van der Waals surface area (Å²) in [5, 5.41) is 12.9. The van der Waals surface area contributed by atoms with Crippen molar-refractivity contribution in [3.8, 4) is 11.5 Å². The van der Waals surface area contributed by atoms with Crippen molar-refractivity contribution in [2.75, 3.05) is 12.4 Å². The highest BCUT2D eigenvalue weighted by Crippen LogP contribution is 2.33. The average Bonchev–Trinajstić information content (AvgIpc) is 2.79. The largest absolute Gasteiger partial charge is 0.508 e. The molecule has 0 bridgehead atoms. The Morgan fingerprint density at radius 1 is 1.03 bits per heavy atom. The van der Waals surface area contributed by atoms with Gasteiger partial charge in [0, 0.05) is 23.2 Å². The highest BCUT2D eigenvalue weighted by Gasteiger charge is 2.26. The molecule has 0 unspecified atom stereocenters. The van der Waals surface area contributed by atoms with Crippen LogP contribution >= 0.6 is 0 Å². The van der Waals surface area contributed by atoms with Crippen molar-refractivity contribution < 1.29 is 19.4 Å². The molecule has 5 nitrogen and oxygen atoms in total. The Morgan fingerprint density at radius 3 is 2.42 bits per heavy atom. The van der Waals surface area contributed by atoms with Crippen molar-refractivity contribution in [1.82, 2.24) is 0 Å². The molecule has 0 spiro atoms. The number of benzene rings is 2. The fraction of sp³-hybridized carbons (Fsp3) is 0.500. The van der Waals surface area contributed by atoms with Crippen LogP contribution in [0.5, 0.6) is 11.5 Å². The Labute approximate surface area is 197 Å². The van der Waals surface area contributed by atoms with Gasteiger partial charge in [0.2, 0.25) is 5.91 Å². The first-order valence-electron chi connectivity index (χ1n) is 12.1. The molecule has 0 aromatic heterocycles. The lowest BCUT2D eigenvalue weighted by molar-refractivity contribution is -0.121. The van der Waals surface area contributed by atoms with Crippen LogP contribution in [0.4, 0.5) is 5.69 Å². The van der Waals surface area contributed by atoms with Crippen molar-refractivity contribution in [1.29, 1.82) is 0 Å². The van der Waals surface area contributed by atoms with Crippen molar-refractivity contribution in [3.05, 3.63) is 52.6 Å². The van der Waals surface area contributed by atoms with E-state index in [4.69, 9.17) is 4.74 Å². The molecule has 33 heavy (non-hydrogen) atoms. The monoisotopic (exact) mass is 451 g/mol. The van der Waals surface area contributed by atoms with Crippen LogP contribution in [0.2, 0.25) is 0 Å².